The highest BCUT2D eigenvalue weighted by molar-refractivity contribution is 5.80. The van der Waals surface area contributed by atoms with E-state index >= 15 is 0 Å². The molecule has 1 aliphatic heterocycles. The zero-order valence-corrected chi connectivity index (χ0v) is 15.8. The minimum absolute atomic E-state index is 0.0738. The summed E-state index contributed by atoms with van der Waals surface area (Å²) in [6.07, 6.45) is 1.60. The molecule has 4 heterocycles. The molecule has 1 aromatic carbocycles. The molecule has 1 aliphatic rings. The fourth-order valence-electron chi connectivity index (χ4n) is 3.14. The van der Waals surface area contributed by atoms with Crippen molar-refractivity contribution in [3.05, 3.63) is 70.8 Å². The first-order chi connectivity index (χ1) is 14.6. The van der Waals surface area contributed by atoms with Crippen LogP contribution in [0.4, 0.5) is 8.78 Å². The van der Waals surface area contributed by atoms with Gasteiger partial charge in [0.05, 0.1) is 41.9 Å². The zero-order valence-electron chi connectivity index (χ0n) is 15.8. The highest BCUT2D eigenvalue weighted by atomic mass is 19.2. The van der Waals surface area contributed by atoms with Gasteiger partial charge < -0.3 is 9.51 Å². The van der Waals surface area contributed by atoms with E-state index in [2.05, 4.69) is 30.4 Å². The van der Waals surface area contributed by atoms with Gasteiger partial charge in [-0.3, -0.25) is 5.01 Å². The molecule has 0 aliphatic carbocycles. The maximum Gasteiger partial charge on any atom is 0.187 e. The van der Waals surface area contributed by atoms with Crippen LogP contribution in [0.15, 0.2) is 46.0 Å². The van der Waals surface area contributed by atoms with Gasteiger partial charge in [-0.1, -0.05) is 11.2 Å². The normalized spacial score (nSPS) is 13.0. The molecule has 10 heteroatoms. The molecule has 0 atom stereocenters. The van der Waals surface area contributed by atoms with Gasteiger partial charge in [-0.05, 0) is 31.2 Å². The molecule has 4 aromatic rings. The summed E-state index contributed by atoms with van der Waals surface area (Å²) in [5.41, 5.74) is 3.48. The summed E-state index contributed by atoms with van der Waals surface area (Å²) in [6.45, 7) is 2.62. The van der Waals surface area contributed by atoms with Crippen LogP contribution in [0.2, 0.25) is 0 Å². The van der Waals surface area contributed by atoms with E-state index in [0.29, 0.717) is 41.6 Å². The third-order valence-electron chi connectivity index (χ3n) is 4.65. The minimum atomic E-state index is -0.938. The van der Waals surface area contributed by atoms with Crippen molar-refractivity contribution in [3.63, 3.8) is 0 Å². The third-order valence-corrected chi connectivity index (χ3v) is 4.65. The SMILES string of the molecule is Cc1ccc(-c2cc(CN3Cc4nc(-c5cccc(F)c5F)[nH]c4C=N3)no2)nn1. The Bertz CT molecular complexity index is 1250. The van der Waals surface area contributed by atoms with Gasteiger partial charge in [0.2, 0.25) is 0 Å². The van der Waals surface area contributed by atoms with Crippen LogP contribution in [0.5, 0.6) is 0 Å². The summed E-state index contributed by atoms with van der Waals surface area (Å²) in [5, 5.41) is 18.3. The number of nitrogens with one attached hydrogen (secondary N) is 1. The number of hydrogen-bond acceptors (Lipinski definition) is 7. The van der Waals surface area contributed by atoms with E-state index in [1.807, 2.05) is 19.1 Å². The summed E-state index contributed by atoms with van der Waals surface area (Å²) in [7, 11) is 0. The summed E-state index contributed by atoms with van der Waals surface area (Å²) in [6, 6.07) is 9.42. The Morgan fingerprint density at radius 3 is 2.90 bits per heavy atom. The molecule has 0 bridgehead atoms. The van der Waals surface area contributed by atoms with Gasteiger partial charge in [-0.15, -0.1) is 5.10 Å². The second-order valence-electron chi connectivity index (χ2n) is 6.86. The fourth-order valence-corrected chi connectivity index (χ4v) is 3.14. The highest BCUT2D eigenvalue weighted by Crippen LogP contribution is 2.25. The van der Waals surface area contributed by atoms with E-state index in [-0.39, 0.29) is 11.4 Å². The summed E-state index contributed by atoms with van der Waals surface area (Å²) in [4.78, 5) is 7.41. The molecule has 3 aromatic heterocycles. The van der Waals surface area contributed by atoms with Gasteiger partial charge in [-0.2, -0.15) is 10.2 Å². The van der Waals surface area contributed by atoms with Gasteiger partial charge in [0.25, 0.3) is 0 Å². The quantitative estimate of drug-likeness (QED) is 0.557. The maximum atomic E-state index is 14.1. The number of imidazole rings is 1. The monoisotopic (exact) mass is 407 g/mol. The van der Waals surface area contributed by atoms with Crippen molar-refractivity contribution >= 4 is 6.21 Å². The minimum Gasteiger partial charge on any atom is -0.354 e. The fraction of sp³-hybridized carbons (Fsp3) is 0.150. The largest absolute Gasteiger partial charge is 0.354 e. The van der Waals surface area contributed by atoms with Crippen LogP contribution in [0.25, 0.3) is 22.8 Å². The molecule has 8 nitrogen and oxygen atoms in total. The van der Waals surface area contributed by atoms with Crippen molar-refractivity contribution in [2.75, 3.05) is 0 Å². The Labute approximate surface area is 169 Å². The van der Waals surface area contributed by atoms with Crippen molar-refractivity contribution < 1.29 is 13.3 Å². The number of rotatable bonds is 4. The number of H-pyrrole nitrogens is 1. The molecule has 150 valence electrons. The predicted molar refractivity (Wildman–Crippen MR) is 103 cm³/mol. The number of aryl methyl sites for hydroxylation is 1. The number of aromatic nitrogens is 5. The molecular formula is C20H15F2N7O. The number of fused-ring (bicyclic) bond motifs is 1. The molecule has 0 radical (unpaired) electrons. The van der Waals surface area contributed by atoms with Crippen molar-refractivity contribution in [2.45, 2.75) is 20.0 Å². The average molecular weight is 407 g/mol. The van der Waals surface area contributed by atoms with Crippen molar-refractivity contribution in [1.82, 2.24) is 30.3 Å². The van der Waals surface area contributed by atoms with Gasteiger partial charge in [0.15, 0.2) is 17.4 Å². The lowest BCUT2D eigenvalue weighted by molar-refractivity contribution is 0.255. The maximum absolute atomic E-state index is 14.1. The van der Waals surface area contributed by atoms with Crippen LogP contribution in [0.3, 0.4) is 0 Å². The number of aromatic amines is 1. The van der Waals surface area contributed by atoms with Gasteiger partial charge in [-0.25, -0.2) is 13.8 Å². The molecule has 0 saturated heterocycles. The van der Waals surface area contributed by atoms with E-state index in [1.165, 1.54) is 12.1 Å². The summed E-state index contributed by atoms with van der Waals surface area (Å²) >= 11 is 0. The molecule has 1 N–H and O–H groups in total. The van der Waals surface area contributed by atoms with Gasteiger partial charge >= 0.3 is 0 Å². The second kappa shape index (κ2) is 7.14. The molecular weight excluding hydrogens is 392 g/mol. The van der Waals surface area contributed by atoms with Crippen LogP contribution in [0.1, 0.15) is 22.8 Å². The number of halogens is 2. The van der Waals surface area contributed by atoms with E-state index in [1.54, 1.807) is 17.3 Å². The smallest absolute Gasteiger partial charge is 0.187 e. The lowest BCUT2D eigenvalue weighted by Crippen LogP contribution is -2.21. The average Bonchev–Trinajstić information content (AvgIpc) is 3.37. The van der Waals surface area contributed by atoms with Crippen LogP contribution in [-0.2, 0) is 13.1 Å². The van der Waals surface area contributed by atoms with Gasteiger partial charge in [0.1, 0.15) is 17.2 Å². The number of hydrogen-bond donors (Lipinski definition) is 1. The first kappa shape index (κ1) is 18.1. The summed E-state index contributed by atoms with van der Waals surface area (Å²) in [5.74, 6) is -1.08. The standard InChI is InChI=1S/C20H15F2N7O/c1-11-5-6-15(27-26-11)18-7-12(28-30-18)9-29-10-17-16(8-23-29)24-20(25-17)13-3-2-4-14(21)19(13)22/h2-8H,9-10H2,1H3,(H,24,25). The summed E-state index contributed by atoms with van der Waals surface area (Å²) < 4.78 is 33.0. The lowest BCUT2D eigenvalue weighted by Gasteiger charge is -2.19. The Kier molecular flexibility index (Phi) is 4.31. The van der Waals surface area contributed by atoms with Gasteiger partial charge in [0, 0.05) is 6.07 Å². The second-order valence-corrected chi connectivity index (χ2v) is 6.86. The highest BCUT2D eigenvalue weighted by Gasteiger charge is 2.21. The van der Waals surface area contributed by atoms with Crippen LogP contribution in [-0.4, -0.2) is 36.5 Å². The van der Waals surface area contributed by atoms with Crippen LogP contribution < -0.4 is 0 Å². The van der Waals surface area contributed by atoms with Crippen LogP contribution in [0, 0.1) is 18.6 Å². The third kappa shape index (κ3) is 3.32. The number of nitrogens with zero attached hydrogens (tertiary/aromatic N) is 6. The number of hydrazone groups is 1. The molecule has 30 heavy (non-hydrogen) atoms. The topological polar surface area (TPSA) is 96.1 Å². The van der Waals surface area contributed by atoms with Crippen molar-refractivity contribution in [2.24, 2.45) is 5.10 Å². The Morgan fingerprint density at radius 1 is 1.17 bits per heavy atom. The van der Waals surface area contributed by atoms with E-state index in [9.17, 15) is 8.78 Å². The van der Waals surface area contributed by atoms with Crippen LogP contribution >= 0.6 is 0 Å². The van der Waals surface area contributed by atoms with Crippen molar-refractivity contribution in [3.8, 4) is 22.8 Å². The predicted octanol–water partition coefficient (Wildman–Crippen LogP) is 3.46. The molecule has 0 spiro atoms. The Balaban J connectivity index is 1.33. The van der Waals surface area contributed by atoms with E-state index in [4.69, 9.17) is 4.52 Å². The van der Waals surface area contributed by atoms with E-state index in [0.717, 1.165) is 11.8 Å². The molecule has 5 rings (SSSR count). The first-order valence-corrected chi connectivity index (χ1v) is 9.15. The molecule has 0 fully saturated rings. The van der Waals surface area contributed by atoms with Crippen molar-refractivity contribution in [1.29, 1.82) is 0 Å². The Morgan fingerprint density at radius 2 is 2.07 bits per heavy atom. The molecule has 0 saturated carbocycles. The number of benzene rings is 1. The Hall–Kier alpha value is -3.95. The lowest BCUT2D eigenvalue weighted by atomic mass is 10.2. The molecule has 0 amide bonds. The first-order valence-electron chi connectivity index (χ1n) is 9.15. The zero-order chi connectivity index (χ0) is 20.7. The molecule has 0 unspecified atom stereocenters. The van der Waals surface area contributed by atoms with E-state index < -0.39 is 11.6 Å².